The first kappa shape index (κ1) is 14.0. The fourth-order valence-corrected chi connectivity index (χ4v) is 2.49. The normalized spacial score (nSPS) is 22.1. The van der Waals surface area contributed by atoms with Crippen LogP contribution in [0.25, 0.3) is 0 Å². The molecule has 4 heteroatoms. The Labute approximate surface area is 114 Å². The van der Waals surface area contributed by atoms with E-state index in [9.17, 15) is 4.79 Å². The van der Waals surface area contributed by atoms with E-state index in [-0.39, 0.29) is 18.6 Å². The lowest BCUT2D eigenvalue weighted by Crippen LogP contribution is -2.52. The van der Waals surface area contributed by atoms with Crippen LogP contribution in [0.3, 0.4) is 0 Å². The van der Waals surface area contributed by atoms with E-state index in [1.54, 1.807) is 7.11 Å². The third-order valence-electron chi connectivity index (χ3n) is 3.48. The van der Waals surface area contributed by atoms with Crippen LogP contribution in [0.1, 0.15) is 18.5 Å². The molecule has 0 spiro atoms. The third-order valence-corrected chi connectivity index (χ3v) is 3.48. The van der Waals surface area contributed by atoms with E-state index in [2.05, 4.69) is 19.1 Å². The standard InChI is InChI=1S/C15H21NO3/c1-12-10-16(14(17)11-19-9-8-18-2)15(12)13-6-4-3-5-7-13/h3-7,12,15H,8-11H2,1-2H3/t12-,15+/m1/s1. The first-order chi connectivity index (χ1) is 9.24. The van der Waals surface area contributed by atoms with E-state index >= 15 is 0 Å². The van der Waals surface area contributed by atoms with E-state index in [1.165, 1.54) is 5.56 Å². The van der Waals surface area contributed by atoms with E-state index in [0.29, 0.717) is 19.1 Å². The summed E-state index contributed by atoms with van der Waals surface area (Å²) >= 11 is 0. The topological polar surface area (TPSA) is 38.8 Å². The van der Waals surface area contributed by atoms with Gasteiger partial charge in [-0.05, 0) is 11.5 Å². The summed E-state index contributed by atoms with van der Waals surface area (Å²) in [5.74, 6) is 0.563. The van der Waals surface area contributed by atoms with E-state index in [4.69, 9.17) is 9.47 Å². The molecule has 0 saturated carbocycles. The van der Waals surface area contributed by atoms with Crippen LogP contribution in [-0.2, 0) is 14.3 Å². The predicted molar refractivity (Wildman–Crippen MR) is 72.8 cm³/mol. The van der Waals surface area contributed by atoms with Gasteiger partial charge in [-0.15, -0.1) is 0 Å². The molecular weight excluding hydrogens is 242 g/mol. The van der Waals surface area contributed by atoms with Crippen LogP contribution in [0.2, 0.25) is 0 Å². The molecule has 1 fully saturated rings. The Morgan fingerprint density at radius 2 is 2.05 bits per heavy atom. The van der Waals surface area contributed by atoms with Gasteiger partial charge in [-0.1, -0.05) is 37.3 Å². The SMILES string of the molecule is COCCOCC(=O)N1C[C@@H](C)[C@H]1c1ccccc1. The molecule has 0 N–H and O–H groups in total. The Kier molecular flexibility index (Phi) is 4.93. The van der Waals surface area contributed by atoms with Gasteiger partial charge in [-0.25, -0.2) is 0 Å². The Morgan fingerprint density at radius 3 is 2.68 bits per heavy atom. The highest BCUT2D eigenvalue weighted by Crippen LogP contribution is 2.38. The molecule has 1 aromatic carbocycles. The summed E-state index contributed by atoms with van der Waals surface area (Å²) in [4.78, 5) is 14.0. The van der Waals surface area contributed by atoms with Gasteiger partial charge in [0.05, 0.1) is 19.3 Å². The molecule has 0 unspecified atom stereocenters. The molecule has 1 saturated heterocycles. The Hall–Kier alpha value is -1.39. The molecule has 1 amide bonds. The van der Waals surface area contributed by atoms with Crippen molar-refractivity contribution in [2.75, 3.05) is 33.5 Å². The molecule has 2 atom stereocenters. The number of benzene rings is 1. The molecule has 19 heavy (non-hydrogen) atoms. The van der Waals surface area contributed by atoms with Crippen molar-refractivity contribution in [3.63, 3.8) is 0 Å². The van der Waals surface area contributed by atoms with Gasteiger partial charge in [0.1, 0.15) is 6.61 Å². The third kappa shape index (κ3) is 3.33. The number of nitrogens with zero attached hydrogens (tertiary/aromatic N) is 1. The lowest BCUT2D eigenvalue weighted by atomic mass is 9.85. The van der Waals surface area contributed by atoms with Gasteiger partial charge in [0.15, 0.2) is 0 Å². The first-order valence-electron chi connectivity index (χ1n) is 6.65. The summed E-state index contributed by atoms with van der Waals surface area (Å²) in [7, 11) is 1.62. The highest BCUT2D eigenvalue weighted by molar-refractivity contribution is 5.79. The molecule has 0 aromatic heterocycles. The minimum atomic E-state index is 0.0584. The molecule has 104 valence electrons. The second kappa shape index (κ2) is 6.68. The highest BCUT2D eigenvalue weighted by atomic mass is 16.5. The number of rotatable bonds is 6. The van der Waals surface area contributed by atoms with Crippen molar-refractivity contribution in [1.82, 2.24) is 4.90 Å². The van der Waals surface area contributed by atoms with Crippen LogP contribution in [0.5, 0.6) is 0 Å². The van der Waals surface area contributed by atoms with Crippen molar-refractivity contribution >= 4 is 5.91 Å². The molecule has 1 aliphatic heterocycles. The molecule has 1 heterocycles. The molecule has 0 bridgehead atoms. The van der Waals surface area contributed by atoms with Gasteiger partial charge < -0.3 is 14.4 Å². The van der Waals surface area contributed by atoms with Crippen molar-refractivity contribution in [2.24, 2.45) is 5.92 Å². The zero-order valence-electron chi connectivity index (χ0n) is 11.5. The molecule has 0 aliphatic carbocycles. The van der Waals surface area contributed by atoms with Gasteiger partial charge in [-0.3, -0.25) is 4.79 Å². The fraction of sp³-hybridized carbons (Fsp3) is 0.533. The van der Waals surface area contributed by atoms with Crippen LogP contribution in [-0.4, -0.2) is 44.3 Å². The molecule has 4 nitrogen and oxygen atoms in total. The summed E-state index contributed by atoms with van der Waals surface area (Å²) in [6.07, 6.45) is 0. The summed E-state index contributed by atoms with van der Waals surface area (Å²) in [5, 5.41) is 0. The highest BCUT2D eigenvalue weighted by Gasteiger charge is 2.39. The zero-order valence-corrected chi connectivity index (χ0v) is 11.5. The number of ether oxygens (including phenoxy) is 2. The van der Waals surface area contributed by atoms with E-state index in [1.807, 2.05) is 23.1 Å². The Bertz CT molecular complexity index is 407. The second-order valence-corrected chi connectivity index (χ2v) is 4.92. The van der Waals surface area contributed by atoms with Gasteiger partial charge >= 0.3 is 0 Å². The minimum Gasteiger partial charge on any atom is -0.382 e. The fourth-order valence-electron chi connectivity index (χ4n) is 2.49. The maximum atomic E-state index is 12.1. The van der Waals surface area contributed by atoms with Crippen molar-refractivity contribution < 1.29 is 14.3 Å². The molecule has 1 aliphatic rings. The summed E-state index contributed by atoms with van der Waals surface area (Å²) in [6, 6.07) is 10.4. The van der Waals surface area contributed by atoms with Crippen molar-refractivity contribution in [1.29, 1.82) is 0 Å². The predicted octanol–water partition coefficient (Wildman–Crippen LogP) is 1.87. The average Bonchev–Trinajstić information content (AvgIpc) is 2.42. The van der Waals surface area contributed by atoms with Crippen LogP contribution in [0, 0.1) is 5.92 Å². The number of methoxy groups -OCH3 is 1. The number of hydrogen-bond donors (Lipinski definition) is 0. The monoisotopic (exact) mass is 263 g/mol. The van der Waals surface area contributed by atoms with E-state index in [0.717, 1.165) is 6.54 Å². The summed E-state index contributed by atoms with van der Waals surface area (Å²) in [5.41, 5.74) is 1.20. The smallest absolute Gasteiger partial charge is 0.249 e. The number of hydrogen-bond acceptors (Lipinski definition) is 3. The average molecular weight is 263 g/mol. The Morgan fingerprint density at radius 1 is 1.32 bits per heavy atom. The Balaban J connectivity index is 1.88. The largest absolute Gasteiger partial charge is 0.382 e. The molecular formula is C15H21NO3. The van der Waals surface area contributed by atoms with Crippen molar-refractivity contribution in [3.05, 3.63) is 35.9 Å². The van der Waals surface area contributed by atoms with Crippen molar-refractivity contribution in [3.8, 4) is 0 Å². The first-order valence-corrected chi connectivity index (χ1v) is 6.65. The second-order valence-electron chi connectivity index (χ2n) is 4.92. The van der Waals surface area contributed by atoms with Crippen LogP contribution < -0.4 is 0 Å². The zero-order chi connectivity index (χ0) is 13.7. The van der Waals surface area contributed by atoms with Gasteiger partial charge in [-0.2, -0.15) is 0 Å². The maximum Gasteiger partial charge on any atom is 0.249 e. The van der Waals surface area contributed by atoms with Gasteiger partial charge in [0, 0.05) is 13.7 Å². The summed E-state index contributed by atoms with van der Waals surface area (Å²) in [6.45, 7) is 4.10. The number of carbonyl (C=O) groups excluding carboxylic acids is 1. The van der Waals surface area contributed by atoms with Crippen LogP contribution in [0.4, 0.5) is 0 Å². The van der Waals surface area contributed by atoms with Gasteiger partial charge in [0.2, 0.25) is 5.91 Å². The molecule has 0 radical (unpaired) electrons. The number of carbonyl (C=O) groups is 1. The lowest BCUT2D eigenvalue weighted by Gasteiger charge is -2.47. The van der Waals surface area contributed by atoms with Crippen LogP contribution >= 0.6 is 0 Å². The molecule has 1 aromatic rings. The lowest BCUT2D eigenvalue weighted by molar-refractivity contribution is -0.149. The quantitative estimate of drug-likeness (QED) is 0.735. The minimum absolute atomic E-state index is 0.0584. The maximum absolute atomic E-state index is 12.1. The van der Waals surface area contributed by atoms with E-state index < -0.39 is 0 Å². The number of amides is 1. The molecule has 2 rings (SSSR count). The van der Waals surface area contributed by atoms with Crippen molar-refractivity contribution in [2.45, 2.75) is 13.0 Å². The summed E-state index contributed by atoms with van der Waals surface area (Å²) < 4.78 is 10.2. The van der Waals surface area contributed by atoms with Crippen LogP contribution in [0.15, 0.2) is 30.3 Å². The number of likely N-dealkylation sites (tertiary alicyclic amines) is 1. The van der Waals surface area contributed by atoms with Gasteiger partial charge in [0.25, 0.3) is 0 Å².